The predicted molar refractivity (Wildman–Crippen MR) is 48.9 cm³/mol. The molecule has 2 aromatic heterocycles. The number of hydrogen-bond acceptors (Lipinski definition) is 3. The van der Waals surface area contributed by atoms with Crippen LogP contribution in [0.4, 0.5) is 0 Å². The smallest absolute Gasteiger partial charge is 0.165 e. The highest BCUT2D eigenvalue weighted by molar-refractivity contribution is 5.52. The summed E-state index contributed by atoms with van der Waals surface area (Å²) in [6.07, 6.45) is 5.26. The molecule has 0 bridgehead atoms. The van der Waals surface area contributed by atoms with E-state index in [2.05, 4.69) is 22.1 Å². The number of pyridine rings is 1. The van der Waals surface area contributed by atoms with E-state index >= 15 is 0 Å². The summed E-state index contributed by atoms with van der Waals surface area (Å²) in [4.78, 5) is 4.03. The first-order valence-corrected chi connectivity index (χ1v) is 4.20. The lowest BCUT2D eigenvalue weighted by atomic mass is 10.3. The van der Waals surface area contributed by atoms with Gasteiger partial charge in [0.25, 0.3) is 0 Å². The first-order valence-electron chi connectivity index (χ1n) is 4.20. The van der Waals surface area contributed by atoms with E-state index in [4.69, 9.17) is 0 Å². The zero-order chi connectivity index (χ0) is 9.10. The van der Waals surface area contributed by atoms with Crippen molar-refractivity contribution in [2.45, 2.75) is 13.5 Å². The Balaban J connectivity index is 2.47. The topological polar surface area (TPSA) is 43.6 Å². The predicted octanol–water partition coefficient (Wildman–Crippen LogP) is 1.36. The summed E-state index contributed by atoms with van der Waals surface area (Å²) in [6.45, 7) is 2.93. The largest absolute Gasteiger partial charge is 0.314 e. The minimum absolute atomic E-state index is 0.871. The highest BCUT2D eigenvalue weighted by Crippen LogP contribution is 2.13. The molecule has 0 aliphatic carbocycles. The van der Waals surface area contributed by atoms with E-state index < -0.39 is 0 Å². The molecular formula is C9H10N4. The van der Waals surface area contributed by atoms with Crippen molar-refractivity contribution in [1.29, 1.82) is 0 Å². The van der Waals surface area contributed by atoms with Crippen LogP contribution in [0, 0.1) is 0 Å². The SMILES string of the molecule is CCn1cnnc1-c1cccnc1. The molecule has 0 atom stereocenters. The normalized spacial score (nSPS) is 10.2. The van der Waals surface area contributed by atoms with Crippen LogP contribution in [-0.4, -0.2) is 19.7 Å². The van der Waals surface area contributed by atoms with Crippen LogP contribution in [0.2, 0.25) is 0 Å². The fourth-order valence-electron chi connectivity index (χ4n) is 1.20. The standard InChI is InChI=1S/C9H10N4/c1-2-13-7-11-12-9(13)8-4-3-5-10-6-8/h3-7H,2H2,1H3. The molecule has 0 N–H and O–H groups in total. The maximum absolute atomic E-state index is 4.03. The average Bonchev–Trinajstić information content (AvgIpc) is 2.67. The van der Waals surface area contributed by atoms with Crippen LogP contribution >= 0.6 is 0 Å². The fourth-order valence-corrected chi connectivity index (χ4v) is 1.20. The molecule has 0 aliphatic rings. The second-order valence-corrected chi connectivity index (χ2v) is 2.68. The van der Waals surface area contributed by atoms with E-state index in [1.54, 1.807) is 18.7 Å². The van der Waals surface area contributed by atoms with Gasteiger partial charge in [-0.1, -0.05) is 0 Å². The molecule has 66 valence electrons. The van der Waals surface area contributed by atoms with Gasteiger partial charge in [0.15, 0.2) is 5.82 Å². The molecular weight excluding hydrogens is 164 g/mol. The molecule has 0 saturated carbocycles. The summed E-state index contributed by atoms with van der Waals surface area (Å²) >= 11 is 0. The third-order valence-electron chi connectivity index (χ3n) is 1.88. The third-order valence-corrected chi connectivity index (χ3v) is 1.88. The number of hydrogen-bond donors (Lipinski definition) is 0. The Morgan fingerprint density at radius 2 is 2.38 bits per heavy atom. The lowest BCUT2D eigenvalue weighted by Gasteiger charge is -2.01. The number of nitrogens with zero attached hydrogens (tertiary/aromatic N) is 4. The quantitative estimate of drug-likeness (QED) is 0.690. The zero-order valence-electron chi connectivity index (χ0n) is 7.38. The Morgan fingerprint density at radius 3 is 3.08 bits per heavy atom. The number of aromatic nitrogens is 4. The Labute approximate surface area is 76.3 Å². The van der Waals surface area contributed by atoms with Crippen LogP contribution in [0.1, 0.15) is 6.92 Å². The van der Waals surface area contributed by atoms with E-state index in [-0.39, 0.29) is 0 Å². The van der Waals surface area contributed by atoms with Gasteiger partial charge in [-0.2, -0.15) is 0 Å². The number of rotatable bonds is 2. The van der Waals surface area contributed by atoms with Crippen molar-refractivity contribution in [2.24, 2.45) is 0 Å². The first-order chi connectivity index (χ1) is 6.42. The van der Waals surface area contributed by atoms with Gasteiger partial charge in [-0.25, -0.2) is 0 Å². The molecule has 0 fully saturated rings. The van der Waals surface area contributed by atoms with Crippen molar-refractivity contribution in [2.75, 3.05) is 0 Å². The lowest BCUT2D eigenvalue weighted by Crippen LogP contribution is -1.95. The molecule has 2 rings (SSSR count). The van der Waals surface area contributed by atoms with E-state index in [0.717, 1.165) is 17.9 Å². The van der Waals surface area contributed by atoms with Gasteiger partial charge in [-0.15, -0.1) is 10.2 Å². The Kier molecular flexibility index (Phi) is 2.04. The van der Waals surface area contributed by atoms with Gasteiger partial charge in [0.2, 0.25) is 0 Å². The Bertz CT molecular complexity index is 380. The van der Waals surface area contributed by atoms with Crippen LogP contribution in [0.3, 0.4) is 0 Å². The Morgan fingerprint density at radius 1 is 1.46 bits per heavy atom. The molecule has 0 radical (unpaired) electrons. The molecule has 2 heterocycles. The van der Waals surface area contributed by atoms with Crippen molar-refractivity contribution >= 4 is 0 Å². The molecule has 0 saturated heterocycles. The molecule has 13 heavy (non-hydrogen) atoms. The minimum Gasteiger partial charge on any atom is -0.314 e. The third kappa shape index (κ3) is 1.42. The maximum Gasteiger partial charge on any atom is 0.165 e. The number of aryl methyl sites for hydroxylation is 1. The highest BCUT2D eigenvalue weighted by atomic mass is 15.3. The van der Waals surface area contributed by atoms with Crippen molar-refractivity contribution in [3.63, 3.8) is 0 Å². The van der Waals surface area contributed by atoms with Crippen LogP contribution in [-0.2, 0) is 6.54 Å². The summed E-state index contributed by atoms with van der Waals surface area (Å²) in [5, 5.41) is 7.88. The monoisotopic (exact) mass is 174 g/mol. The lowest BCUT2D eigenvalue weighted by molar-refractivity contribution is 0.766. The molecule has 0 spiro atoms. The van der Waals surface area contributed by atoms with Crippen molar-refractivity contribution in [1.82, 2.24) is 19.7 Å². The van der Waals surface area contributed by atoms with Gasteiger partial charge in [0.1, 0.15) is 6.33 Å². The summed E-state index contributed by atoms with van der Waals surface area (Å²) in [7, 11) is 0. The molecule has 0 unspecified atom stereocenters. The van der Waals surface area contributed by atoms with Gasteiger partial charge in [0, 0.05) is 24.5 Å². The summed E-state index contributed by atoms with van der Waals surface area (Å²) in [5.41, 5.74) is 1.00. The highest BCUT2D eigenvalue weighted by Gasteiger charge is 2.04. The van der Waals surface area contributed by atoms with Crippen molar-refractivity contribution < 1.29 is 0 Å². The molecule has 0 aliphatic heterocycles. The maximum atomic E-state index is 4.03. The van der Waals surface area contributed by atoms with Crippen LogP contribution in [0.5, 0.6) is 0 Å². The molecule has 2 aromatic rings. The fraction of sp³-hybridized carbons (Fsp3) is 0.222. The molecule has 4 heteroatoms. The zero-order valence-corrected chi connectivity index (χ0v) is 7.38. The molecule has 0 aromatic carbocycles. The van der Waals surface area contributed by atoms with Gasteiger partial charge in [-0.3, -0.25) is 4.98 Å². The van der Waals surface area contributed by atoms with E-state index in [1.165, 1.54) is 0 Å². The average molecular weight is 174 g/mol. The van der Waals surface area contributed by atoms with E-state index in [1.807, 2.05) is 16.7 Å². The molecule has 4 nitrogen and oxygen atoms in total. The van der Waals surface area contributed by atoms with Crippen LogP contribution in [0.25, 0.3) is 11.4 Å². The van der Waals surface area contributed by atoms with Gasteiger partial charge in [-0.05, 0) is 19.1 Å². The van der Waals surface area contributed by atoms with E-state index in [9.17, 15) is 0 Å². The van der Waals surface area contributed by atoms with Gasteiger partial charge >= 0.3 is 0 Å². The minimum atomic E-state index is 0.871. The van der Waals surface area contributed by atoms with E-state index in [0.29, 0.717) is 0 Å². The van der Waals surface area contributed by atoms with Crippen LogP contribution < -0.4 is 0 Å². The first kappa shape index (κ1) is 7.91. The van der Waals surface area contributed by atoms with Gasteiger partial charge in [0.05, 0.1) is 0 Å². The molecule has 0 amide bonds. The second-order valence-electron chi connectivity index (χ2n) is 2.68. The summed E-state index contributed by atoms with van der Waals surface area (Å²) in [5.74, 6) is 0.871. The van der Waals surface area contributed by atoms with Crippen molar-refractivity contribution in [3.05, 3.63) is 30.9 Å². The summed E-state index contributed by atoms with van der Waals surface area (Å²) < 4.78 is 1.98. The second kappa shape index (κ2) is 3.35. The Hall–Kier alpha value is -1.71. The van der Waals surface area contributed by atoms with Crippen molar-refractivity contribution in [3.8, 4) is 11.4 Å². The van der Waals surface area contributed by atoms with Crippen LogP contribution in [0.15, 0.2) is 30.9 Å². The van der Waals surface area contributed by atoms with Gasteiger partial charge < -0.3 is 4.57 Å². The summed E-state index contributed by atoms with van der Waals surface area (Å²) in [6, 6.07) is 3.87.